The van der Waals surface area contributed by atoms with Gasteiger partial charge >= 0.3 is 0 Å². The highest BCUT2D eigenvalue weighted by Gasteiger charge is 2.04. The molecule has 2 N–H and O–H groups in total. The van der Waals surface area contributed by atoms with Crippen molar-refractivity contribution in [3.8, 4) is 11.5 Å². The van der Waals surface area contributed by atoms with Gasteiger partial charge in [-0.15, -0.1) is 0 Å². The van der Waals surface area contributed by atoms with E-state index in [4.69, 9.17) is 19.9 Å². The SMILES string of the molecule is CCCOCCOc1cc(N)ccc1OC. The molecule has 0 spiro atoms. The number of nitrogen functional groups attached to an aromatic ring is 1. The predicted molar refractivity (Wildman–Crippen MR) is 64.0 cm³/mol. The second-order valence-corrected chi connectivity index (χ2v) is 3.37. The molecule has 0 aliphatic heterocycles. The van der Waals surface area contributed by atoms with E-state index >= 15 is 0 Å². The third-order valence-electron chi connectivity index (χ3n) is 2.02. The summed E-state index contributed by atoms with van der Waals surface area (Å²) >= 11 is 0. The average Bonchev–Trinajstić information content (AvgIpc) is 2.29. The Balaban J connectivity index is 2.42. The largest absolute Gasteiger partial charge is 0.493 e. The summed E-state index contributed by atoms with van der Waals surface area (Å²) in [7, 11) is 1.60. The zero-order valence-corrected chi connectivity index (χ0v) is 9.86. The van der Waals surface area contributed by atoms with E-state index in [1.165, 1.54) is 0 Å². The standard InChI is InChI=1S/C12H19NO3/c1-3-6-15-7-8-16-12-9-10(13)4-5-11(12)14-2/h4-5,9H,3,6-8,13H2,1-2H3. The van der Waals surface area contributed by atoms with Crippen LogP contribution in [-0.2, 0) is 4.74 Å². The maximum Gasteiger partial charge on any atom is 0.163 e. The quantitative estimate of drug-likeness (QED) is 0.570. The van der Waals surface area contributed by atoms with Gasteiger partial charge in [0, 0.05) is 18.4 Å². The van der Waals surface area contributed by atoms with Crippen molar-refractivity contribution in [2.45, 2.75) is 13.3 Å². The topological polar surface area (TPSA) is 53.7 Å². The van der Waals surface area contributed by atoms with E-state index in [-0.39, 0.29) is 0 Å². The van der Waals surface area contributed by atoms with Gasteiger partial charge in [0.05, 0.1) is 13.7 Å². The molecule has 0 aliphatic carbocycles. The van der Waals surface area contributed by atoms with Gasteiger partial charge in [0.2, 0.25) is 0 Å². The molecule has 0 bridgehead atoms. The minimum atomic E-state index is 0.500. The van der Waals surface area contributed by atoms with Crippen LogP contribution in [0.15, 0.2) is 18.2 Å². The van der Waals surface area contributed by atoms with Crippen LogP contribution in [0.5, 0.6) is 11.5 Å². The first-order valence-corrected chi connectivity index (χ1v) is 5.42. The van der Waals surface area contributed by atoms with Crippen LogP contribution in [0.1, 0.15) is 13.3 Å². The normalized spacial score (nSPS) is 10.1. The van der Waals surface area contributed by atoms with E-state index in [0.717, 1.165) is 13.0 Å². The highest BCUT2D eigenvalue weighted by Crippen LogP contribution is 2.28. The first kappa shape index (κ1) is 12.6. The van der Waals surface area contributed by atoms with E-state index < -0.39 is 0 Å². The van der Waals surface area contributed by atoms with E-state index in [9.17, 15) is 0 Å². The van der Waals surface area contributed by atoms with Crippen molar-refractivity contribution in [3.63, 3.8) is 0 Å². The molecule has 1 aromatic rings. The molecule has 0 unspecified atom stereocenters. The fraction of sp³-hybridized carbons (Fsp3) is 0.500. The van der Waals surface area contributed by atoms with Crippen LogP contribution < -0.4 is 15.2 Å². The first-order chi connectivity index (χ1) is 7.77. The van der Waals surface area contributed by atoms with Gasteiger partial charge < -0.3 is 19.9 Å². The van der Waals surface area contributed by atoms with Crippen molar-refractivity contribution in [1.29, 1.82) is 0 Å². The van der Waals surface area contributed by atoms with Crippen LogP contribution >= 0.6 is 0 Å². The zero-order valence-electron chi connectivity index (χ0n) is 9.86. The molecule has 0 aromatic heterocycles. The Kier molecular flexibility index (Phi) is 5.50. The van der Waals surface area contributed by atoms with E-state index in [0.29, 0.717) is 30.4 Å². The molecule has 0 heterocycles. The Morgan fingerprint density at radius 3 is 2.62 bits per heavy atom. The lowest BCUT2D eigenvalue weighted by atomic mass is 10.3. The molecule has 1 aromatic carbocycles. The van der Waals surface area contributed by atoms with Crippen LogP contribution in [0, 0.1) is 0 Å². The Morgan fingerprint density at radius 1 is 1.12 bits per heavy atom. The molecule has 0 aliphatic rings. The van der Waals surface area contributed by atoms with E-state index in [1.54, 1.807) is 25.3 Å². The van der Waals surface area contributed by atoms with Gasteiger partial charge in [0.1, 0.15) is 6.61 Å². The Hall–Kier alpha value is -1.42. The smallest absolute Gasteiger partial charge is 0.163 e. The minimum Gasteiger partial charge on any atom is -0.493 e. The number of benzene rings is 1. The number of ether oxygens (including phenoxy) is 3. The lowest BCUT2D eigenvalue weighted by Crippen LogP contribution is -2.08. The van der Waals surface area contributed by atoms with Crippen LogP contribution in [0.3, 0.4) is 0 Å². The summed E-state index contributed by atoms with van der Waals surface area (Å²) in [5.41, 5.74) is 6.32. The number of methoxy groups -OCH3 is 1. The Labute approximate surface area is 96.3 Å². The molecule has 0 saturated carbocycles. The van der Waals surface area contributed by atoms with Crippen molar-refractivity contribution in [3.05, 3.63) is 18.2 Å². The Bertz CT molecular complexity index is 315. The van der Waals surface area contributed by atoms with Crippen LogP contribution in [-0.4, -0.2) is 26.9 Å². The predicted octanol–water partition coefficient (Wildman–Crippen LogP) is 2.08. The van der Waals surface area contributed by atoms with Crippen molar-refractivity contribution >= 4 is 5.69 Å². The third kappa shape index (κ3) is 3.98. The molecular weight excluding hydrogens is 206 g/mol. The van der Waals surface area contributed by atoms with Gasteiger partial charge in [-0.3, -0.25) is 0 Å². The highest BCUT2D eigenvalue weighted by atomic mass is 16.5. The van der Waals surface area contributed by atoms with E-state index in [2.05, 4.69) is 6.92 Å². The first-order valence-electron chi connectivity index (χ1n) is 5.42. The number of anilines is 1. The molecule has 0 saturated heterocycles. The van der Waals surface area contributed by atoms with E-state index in [1.807, 2.05) is 0 Å². The highest BCUT2D eigenvalue weighted by molar-refractivity contribution is 5.51. The lowest BCUT2D eigenvalue weighted by Gasteiger charge is -2.11. The average molecular weight is 225 g/mol. The summed E-state index contributed by atoms with van der Waals surface area (Å²) in [6.07, 6.45) is 1.02. The fourth-order valence-corrected chi connectivity index (χ4v) is 1.26. The van der Waals surface area contributed by atoms with Gasteiger partial charge in [-0.05, 0) is 18.6 Å². The number of hydrogen-bond acceptors (Lipinski definition) is 4. The summed E-state index contributed by atoms with van der Waals surface area (Å²) in [6.45, 7) is 3.91. The van der Waals surface area contributed by atoms with Crippen molar-refractivity contribution < 1.29 is 14.2 Å². The van der Waals surface area contributed by atoms with Gasteiger partial charge in [-0.1, -0.05) is 6.92 Å². The second-order valence-electron chi connectivity index (χ2n) is 3.37. The second kappa shape index (κ2) is 6.95. The Morgan fingerprint density at radius 2 is 1.94 bits per heavy atom. The van der Waals surface area contributed by atoms with Crippen LogP contribution in [0.4, 0.5) is 5.69 Å². The summed E-state index contributed by atoms with van der Waals surface area (Å²) in [5.74, 6) is 1.34. The van der Waals surface area contributed by atoms with Gasteiger partial charge in [0.25, 0.3) is 0 Å². The van der Waals surface area contributed by atoms with Crippen molar-refractivity contribution in [1.82, 2.24) is 0 Å². The molecule has 4 heteroatoms. The minimum absolute atomic E-state index is 0.500. The molecule has 4 nitrogen and oxygen atoms in total. The van der Waals surface area contributed by atoms with Gasteiger partial charge in [-0.2, -0.15) is 0 Å². The van der Waals surface area contributed by atoms with Gasteiger partial charge in [0.15, 0.2) is 11.5 Å². The summed E-state index contributed by atoms with van der Waals surface area (Å²) in [4.78, 5) is 0. The monoisotopic (exact) mass is 225 g/mol. The van der Waals surface area contributed by atoms with Gasteiger partial charge in [-0.25, -0.2) is 0 Å². The molecule has 0 amide bonds. The van der Waals surface area contributed by atoms with Crippen LogP contribution in [0.2, 0.25) is 0 Å². The summed E-state index contributed by atoms with van der Waals surface area (Å²) in [5, 5.41) is 0. The molecule has 1 rings (SSSR count). The van der Waals surface area contributed by atoms with Crippen molar-refractivity contribution in [2.24, 2.45) is 0 Å². The zero-order chi connectivity index (χ0) is 11.8. The molecule has 0 fully saturated rings. The summed E-state index contributed by atoms with van der Waals surface area (Å²) < 4.78 is 16.0. The molecular formula is C12H19NO3. The number of hydrogen-bond donors (Lipinski definition) is 1. The maximum absolute atomic E-state index is 5.67. The molecule has 0 atom stereocenters. The van der Waals surface area contributed by atoms with Crippen molar-refractivity contribution in [2.75, 3.05) is 32.7 Å². The van der Waals surface area contributed by atoms with Crippen LogP contribution in [0.25, 0.3) is 0 Å². The molecule has 0 radical (unpaired) electrons. The fourth-order valence-electron chi connectivity index (χ4n) is 1.26. The molecule has 16 heavy (non-hydrogen) atoms. The number of nitrogens with two attached hydrogens (primary N) is 1. The summed E-state index contributed by atoms with van der Waals surface area (Å²) in [6, 6.07) is 5.31. The molecule has 90 valence electrons. The lowest BCUT2D eigenvalue weighted by molar-refractivity contribution is 0.0995. The maximum atomic E-state index is 5.67. The number of rotatable bonds is 7. The third-order valence-corrected chi connectivity index (χ3v) is 2.02.